The number of nitrogens with zero attached hydrogens (tertiary/aromatic N) is 3. The number of likely N-dealkylation sites (tertiary alicyclic amines) is 1. The van der Waals surface area contributed by atoms with E-state index in [1.54, 1.807) is 7.11 Å². The van der Waals surface area contributed by atoms with Gasteiger partial charge in [0, 0.05) is 52.1 Å². The van der Waals surface area contributed by atoms with Crippen LogP contribution in [0.5, 0.6) is 0 Å². The van der Waals surface area contributed by atoms with Crippen LogP contribution in [0.2, 0.25) is 0 Å². The number of rotatable bonds is 6. The lowest BCUT2D eigenvalue weighted by molar-refractivity contribution is -0.139. The van der Waals surface area contributed by atoms with Crippen LogP contribution in [0.15, 0.2) is 12.4 Å². The zero-order chi connectivity index (χ0) is 16.9. The van der Waals surface area contributed by atoms with E-state index in [9.17, 15) is 4.79 Å². The summed E-state index contributed by atoms with van der Waals surface area (Å²) >= 11 is 0. The Morgan fingerprint density at radius 2 is 2.42 bits per heavy atom. The molecule has 0 radical (unpaired) electrons. The highest BCUT2D eigenvalue weighted by Gasteiger charge is 2.38. The van der Waals surface area contributed by atoms with Crippen LogP contribution < -0.4 is 5.32 Å². The molecular weight excluding hydrogens is 308 g/mol. The van der Waals surface area contributed by atoms with Crippen molar-refractivity contribution in [3.63, 3.8) is 0 Å². The van der Waals surface area contributed by atoms with E-state index in [1.165, 1.54) is 5.56 Å². The number of piperidine rings is 1. The third-order valence-electron chi connectivity index (χ3n) is 4.99. The van der Waals surface area contributed by atoms with Gasteiger partial charge in [0.05, 0.1) is 31.4 Å². The second-order valence-corrected chi connectivity index (χ2v) is 6.89. The molecule has 3 heterocycles. The normalized spacial score (nSPS) is 27.7. The van der Waals surface area contributed by atoms with Crippen LogP contribution in [-0.2, 0) is 27.9 Å². The average Bonchev–Trinajstić information content (AvgIpc) is 2.99. The van der Waals surface area contributed by atoms with Crippen molar-refractivity contribution in [2.24, 2.45) is 18.9 Å². The second kappa shape index (κ2) is 8.09. The van der Waals surface area contributed by atoms with Gasteiger partial charge < -0.3 is 14.8 Å². The molecule has 1 aromatic heterocycles. The Morgan fingerprint density at radius 1 is 1.54 bits per heavy atom. The Balaban J connectivity index is 1.50. The Kier molecular flexibility index (Phi) is 5.86. The SMILES string of the molecule is COCCNC(=O)[C@@H]1CO[C@@H]2CCN(Cc3cnn(C)c3)C[C@@H]2C1. The van der Waals surface area contributed by atoms with Crippen LogP contribution in [0, 0.1) is 11.8 Å². The van der Waals surface area contributed by atoms with E-state index in [2.05, 4.69) is 21.5 Å². The number of hydrogen-bond donors (Lipinski definition) is 1. The summed E-state index contributed by atoms with van der Waals surface area (Å²) in [4.78, 5) is 14.7. The van der Waals surface area contributed by atoms with Crippen LogP contribution in [0.3, 0.4) is 0 Å². The first-order valence-corrected chi connectivity index (χ1v) is 8.74. The smallest absolute Gasteiger partial charge is 0.225 e. The third-order valence-corrected chi connectivity index (χ3v) is 4.99. The number of carbonyl (C=O) groups excluding carboxylic acids is 1. The molecule has 2 aliphatic rings. The highest BCUT2D eigenvalue weighted by molar-refractivity contribution is 5.78. The molecule has 134 valence electrons. The summed E-state index contributed by atoms with van der Waals surface area (Å²) in [5.41, 5.74) is 1.24. The molecule has 7 nitrogen and oxygen atoms in total. The summed E-state index contributed by atoms with van der Waals surface area (Å²) < 4.78 is 12.8. The molecule has 2 aliphatic heterocycles. The molecular formula is C17H28N4O3. The predicted octanol–water partition coefficient (Wildman–Crippen LogP) is 0.410. The topological polar surface area (TPSA) is 68.6 Å². The lowest BCUT2D eigenvalue weighted by Crippen LogP contribution is -2.50. The third kappa shape index (κ3) is 4.34. The van der Waals surface area contributed by atoms with Crippen molar-refractivity contribution in [2.75, 3.05) is 40.0 Å². The van der Waals surface area contributed by atoms with E-state index in [1.807, 2.05) is 17.9 Å². The van der Waals surface area contributed by atoms with Gasteiger partial charge in [0.1, 0.15) is 0 Å². The van der Waals surface area contributed by atoms with E-state index in [4.69, 9.17) is 9.47 Å². The summed E-state index contributed by atoms with van der Waals surface area (Å²) in [5.74, 6) is 0.485. The Morgan fingerprint density at radius 3 is 3.17 bits per heavy atom. The average molecular weight is 336 g/mol. The molecule has 2 saturated heterocycles. The summed E-state index contributed by atoms with van der Waals surface area (Å²) in [5, 5.41) is 7.17. The number of hydrogen-bond acceptors (Lipinski definition) is 5. The van der Waals surface area contributed by atoms with Crippen LogP contribution in [0.25, 0.3) is 0 Å². The van der Waals surface area contributed by atoms with Crippen molar-refractivity contribution in [3.8, 4) is 0 Å². The Bertz CT molecular complexity index is 548. The molecule has 0 saturated carbocycles. The van der Waals surface area contributed by atoms with Crippen LogP contribution in [-0.4, -0.2) is 66.6 Å². The van der Waals surface area contributed by atoms with Crippen molar-refractivity contribution in [3.05, 3.63) is 18.0 Å². The van der Waals surface area contributed by atoms with Gasteiger partial charge in [-0.25, -0.2) is 0 Å². The van der Waals surface area contributed by atoms with Crippen molar-refractivity contribution < 1.29 is 14.3 Å². The first kappa shape index (κ1) is 17.4. The number of carbonyl (C=O) groups is 1. The summed E-state index contributed by atoms with van der Waals surface area (Å²) in [7, 11) is 3.58. The van der Waals surface area contributed by atoms with Gasteiger partial charge in [-0.1, -0.05) is 0 Å². The largest absolute Gasteiger partial charge is 0.383 e. The molecule has 7 heteroatoms. The molecule has 1 N–H and O–H groups in total. The van der Waals surface area contributed by atoms with Gasteiger partial charge in [0.2, 0.25) is 5.91 Å². The van der Waals surface area contributed by atoms with E-state index in [-0.39, 0.29) is 11.8 Å². The fraction of sp³-hybridized carbons (Fsp3) is 0.765. The highest BCUT2D eigenvalue weighted by atomic mass is 16.5. The predicted molar refractivity (Wildman–Crippen MR) is 89.3 cm³/mol. The van der Waals surface area contributed by atoms with Crippen molar-refractivity contribution in [1.82, 2.24) is 20.0 Å². The summed E-state index contributed by atoms with van der Waals surface area (Å²) in [6.07, 6.45) is 6.25. The highest BCUT2D eigenvalue weighted by Crippen LogP contribution is 2.32. The van der Waals surface area contributed by atoms with Crippen LogP contribution >= 0.6 is 0 Å². The fourth-order valence-corrected chi connectivity index (χ4v) is 3.76. The fourth-order valence-electron chi connectivity index (χ4n) is 3.76. The van der Waals surface area contributed by atoms with E-state index < -0.39 is 0 Å². The van der Waals surface area contributed by atoms with Crippen LogP contribution in [0.1, 0.15) is 18.4 Å². The number of aryl methyl sites for hydroxylation is 1. The number of methoxy groups -OCH3 is 1. The van der Waals surface area contributed by atoms with Gasteiger partial charge in [-0.3, -0.25) is 14.4 Å². The number of fused-ring (bicyclic) bond motifs is 1. The monoisotopic (exact) mass is 336 g/mol. The number of ether oxygens (including phenoxy) is 2. The molecule has 3 rings (SSSR count). The van der Waals surface area contributed by atoms with Gasteiger partial charge in [-0.2, -0.15) is 5.10 Å². The molecule has 0 aliphatic carbocycles. The zero-order valence-electron chi connectivity index (χ0n) is 14.6. The Labute approximate surface area is 143 Å². The standard InChI is InChI=1S/C17H28N4O3/c1-20-9-13(8-19-20)10-21-5-3-16-14(11-21)7-15(12-24-16)17(22)18-4-6-23-2/h8-9,14-16H,3-7,10-12H2,1-2H3,(H,18,22)/t14-,15-,16+/m0/s1. The number of amides is 1. The summed E-state index contributed by atoms with van der Waals surface area (Å²) in [6, 6.07) is 0. The van der Waals surface area contributed by atoms with Crippen molar-refractivity contribution >= 4 is 5.91 Å². The summed E-state index contributed by atoms with van der Waals surface area (Å²) in [6.45, 7) is 4.60. The molecule has 0 spiro atoms. The molecule has 0 bridgehead atoms. The zero-order valence-corrected chi connectivity index (χ0v) is 14.6. The lowest BCUT2D eigenvalue weighted by Gasteiger charge is -2.43. The minimum absolute atomic E-state index is 0.0403. The lowest BCUT2D eigenvalue weighted by atomic mass is 9.83. The molecule has 2 fully saturated rings. The maximum absolute atomic E-state index is 12.3. The van der Waals surface area contributed by atoms with Gasteiger partial charge >= 0.3 is 0 Å². The molecule has 1 amide bonds. The number of nitrogens with one attached hydrogen (secondary N) is 1. The minimum atomic E-state index is -0.0403. The quantitative estimate of drug-likeness (QED) is 0.762. The van der Waals surface area contributed by atoms with Crippen molar-refractivity contribution in [1.29, 1.82) is 0 Å². The van der Waals surface area contributed by atoms with Gasteiger partial charge in [-0.15, -0.1) is 0 Å². The van der Waals surface area contributed by atoms with Gasteiger partial charge in [0.15, 0.2) is 0 Å². The Hall–Kier alpha value is -1.44. The molecule has 24 heavy (non-hydrogen) atoms. The van der Waals surface area contributed by atoms with Gasteiger partial charge in [0.25, 0.3) is 0 Å². The molecule has 0 aromatic carbocycles. The maximum atomic E-state index is 12.3. The first-order valence-electron chi connectivity index (χ1n) is 8.74. The molecule has 3 atom stereocenters. The van der Waals surface area contributed by atoms with Crippen LogP contribution in [0.4, 0.5) is 0 Å². The van der Waals surface area contributed by atoms with Crippen molar-refractivity contribution in [2.45, 2.75) is 25.5 Å². The first-order chi connectivity index (χ1) is 11.7. The second-order valence-electron chi connectivity index (χ2n) is 6.89. The number of aromatic nitrogens is 2. The van der Waals surface area contributed by atoms with E-state index >= 15 is 0 Å². The van der Waals surface area contributed by atoms with E-state index in [0.717, 1.165) is 32.5 Å². The van der Waals surface area contributed by atoms with E-state index in [0.29, 0.717) is 31.8 Å². The molecule has 1 aromatic rings. The maximum Gasteiger partial charge on any atom is 0.225 e. The minimum Gasteiger partial charge on any atom is -0.383 e. The van der Waals surface area contributed by atoms with Gasteiger partial charge in [-0.05, 0) is 18.8 Å². The molecule has 0 unspecified atom stereocenters.